The van der Waals surface area contributed by atoms with Gasteiger partial charge in [-0.1, -0.05) is 19.9 Å². The number of aliphatic hydroxyl groups is 1. The molecule has 0 heterocycles. The van der Waals surface area contributed by atoms with E-state index in [4.69, 9.17) is 5.11 Å². The molecule has 19 heavy (non-hydrogen) atoms. The molecule has 1 aromatic carbocycles. The fourth-order valence-electron chi connectivity index (χ4n) is 1.62. The first-order valence-corrected chi connectivity index (χ1v) is 6.20. The highest BCUT2D eigenvalue weighted by Crippen LogP contribution is 2.20. The normalized spacial score (nSPS) is 11.4. The molecule has 0 atom stereocenters. The zero-order valence-electron chi connectivity index (χ0n) is 11.2. The van der Waals surface area contributed by atoms with E-state index in [-0.39, 0.29) is 17.6 Å². The van der Waals surface area contributed by atoms with E-state index < -0.39 is 17.5 Å². The van der Waals surface area contributed by atoms with Gasteiger partial charge in [0, 0.05) is 13.2 Å². The molecule has 0 saturated heterocycles. The number of benzene rings is 1. The summed E-state index contributed by atoms with van der Waals surface area (Å²) in [5.41, 5.74) is -0.490. The van der Waals surface area contributed by atoms with Crippen LogP contribution in [-0.2, 0) is 0 Å². The molecule has 0 aliphatic rings. The summed E-state index contributed by atoms with van der Waals surface area (Å²) in [7, 11) is 0. The maximum absolute atomic E-state index is 13.3. The molecule has 0 aromatic heterocycles. The summed E-state index contributed by atoms with van der Waals surface area (Å²) >= 11 is 0. The Labute approximate surface area is 111 Å². The van der Waals surface area contributed by atoms with Crippen LogP contribution in [0.15, 0.2) is 18.2 Å². The summed E-state index contributed by atoms with van der Waals surface area (Å²) in [6.07, 6.45) is 1.39. The van der Waals surface area contributed by atoms with Crippen LogP contribution in [-0.4, -0.2) is 24.2 Å². The van der Waals surface area contributed by atoms with Crippen LogP contribution in [0.25, 0.3) is 0 Å². The second-order valence-corrected chi connectivity index (χ2v) is 5.28. The Morgan fingerprint density at radius 2 is 2.05 bits per heavy atom. The number of carbonyl (C=O) groups is 1. The highest BCUT2D eigenvalue weighted by Gasteiger charge is 2.17. The lowest BCUT2D eigenvalue weighted by atomic mass is 9.89. The molecule has 1 aromatic rings. The van der Waals surface area contributed by atoms with E-state index in [1.165, 1.54) is 12.1 Å². The van der Waals surface area contributed by atoms with Crippen molar-refractivity contribution in [3.8, 4) is 0 Å². The summed E-state index contributed by atoms with van der Waals surface area (Å²) in [5, 5.41) is 11.6. The van der Waals surface area contributed by atoms with Gasteiger partial charge in [-0.25, -0.2) is 8.78 Å². The van der Waals surface area contributed by atoms with Crippen LogP contribution < -0.4 is 5.32 Å². The zero-order valence-corrected chi connectivity index (χ0v) is 11.2. The van der Waals surface area contributed by atoms with Gasteiger partial charge in [0.1, 0.15) is 0 Å². The number of nitrogens with one attached hydrogen (secondary N) is 1. The lowest BCUT2D eigenvalue weighted by Crippen LogP contribution is -2.27. The standard InChI is InChI=1S/C14H19F2NO2/c1-14(2,9-18)7-4-8-17-13(19)10-5-3-6-11(15)12(10)16/h3,5-6,18H,4,7-9H2,1-2H3,(H,17,19). The second-order valence-electron chi connectivity index (χ2n) is 5.28. The molecule has 5 heteroatoms. The van der Waals surface area contributed by atoms with Crippen LogP contribution in [0.2, 0.25) is 0 Å². The monoisotopic (exact) mass is 271 g/mol. The zero-order chi connectivity index (χ0) is 14.5. The van der Waals surface area contributed by atoms with Crippen LogP contribution >= 0.6 is 0 Å². The number of rotatable bonds is 6. The molecule has 0 spiro atoms. The van der Waals surface area contributed by atoms with Crippen LogP contribution in [0.1, 0.15) is 37.0 Å². The van der Waals surface area contributed by atoms with Gasteiger partial charge in [-0.15, -0.1) is 0 Å². The summed E-state index contributed by atoms with van der Waals surface area (Å²) in [5.74, 6) is -2.79. The van der Waals surface area contributed by atoms with Gasteiger partial charge in [-0.2, -0.15) is 0 Å². The molecule has 0 unspecified atom stereocenters. The van der Waals surface area contributed by atoms with Crippen molar-refractivity contribution in [2.75, 3.05) is 13.2 Å². The molecule has 2 N–H and O–H groups in total. The molecule has 1 amide bonds. The topological polar surface area (TPSA) is 49.3 Å². The maximum Gasteiger partial charge on any atom is 0.254 e. The Kier molecular flexibility index (Phi) is 5.42. The van der Waals surface area contributed by atoms with Crippen LogP contribution in [0, 0.1) is 17.0 Å². The summed E-state index contributed by atoms with van der Waals surface area (Å²) in [4.78, 5) is 11.6. The average Bonchev–Trinajstić information content (AvgIpc) is 2.37. The minimum Gasteiger partial charge on any atom is -0.396 e. The van der Waals surface area contributed by atoms with E-state index in [0.29, 0.717) is 13.0 Å². The highest BCUT2D eigenvalue weighted by molar-refractivity contribution is 5.94. The molecule has 1 rings (SSSR count). The molecule has 0 saturated carbocycles. The third-order valence-corrected chi connectivity index (χ3v) is 2.94. The Morgan fingerprint density at radius 3 is 2.68 bits per heavy atom. The Hall–Kier alpha value is -1.49. The molecule has 0 aliphatic heterocycles. The number of amides is 1. The summed E-state index contributed by atoms with van der Waals surface area (Å²) < 4.78 is 26.3. The molecular formula is C14H19F2NO2. The van der Waals surface area contributed by atoms with E-state index >= 15 is 0 Å². The van der Waals surface area contributed by atoms with E-state index in [9.17, 15) is 13.6 Å². The van der Waals surface area contributed by atoms with Gasteiger partial charge in [0.05, 0.1) is 5.56 Å². The van der Waals surface area contributed by atoms with E-state index in [1.807, 2.05) is 13.8 Å². The Morgan fingerprint density at radius 1 is 1.37 bits per heavy atom. The first-order chi connectivity index (χ1) is 8.87. The van der Waals surface area contributed by atoms with E-state index in [0.717, 1.165) is 12.5 Å². The van der Waals surface area contributed by atoms with Crippen LogP contribution in [0.5, 0.6) is 0 Å². The first kappa shape index (κ1) is 15.6. The van der Waals surface area contributed by atoms with Gasteiger partial charge in [-0.3, -0.25) is 4.79 Å². The third-order valence-electron chi connectivity index (χ3n) is 2.94. The van der Waals surface area contributed by atoms with Gasteiger partial charge in [0.15, 0.2) is 11.6 Å². The van der Waals surface area contributed by atoms with Crippen molar-refractivity contribution in [1.29, 1.82) is 0 Å². The number of halogens is 2. The minimum absolute atomic E-state index is 0.0689. The molecule has 106 valence electrons. The molecular weight excluding hydrogens is 252 g/mol. The smallest absolute Gasteiger partial charge is 0.254 e. The van der Waals surface area contributed by atoms with Gasteiger partial charge in [-0.05, 0) is 30.4 Å². The quantitative estimate of drug-likeness (QED) is 0.781. The van der Waals surface area contributed by atoms with Crippen molar-refractivity contribution in [2.24, 2.45) is 5.41 Å². The molecule has 0 radical (unpaired) electrons. The predicted octanol–water partition coefficient (Wildman–Crippen LogP) is 2.49. The van der Waals surface area contributed by atoms with Crippen molar-refractivity contribution < 1.29 is 18.7 Å². The fraction of sp³-hybridized carbons (Fsp3) is 0.500. The van der Waals surface area contributed by atoms with E-state index in [2.05, 4.69) is 5.32 Å². The molecule has 0 aliphatic carbocycles. The first-order valence-electron chi connectivity index (χ1n) is 6.20. The summed E-state index contributed by atoms with van der Waals surface area (Å²) in [6.45, 7) is 4.26. The van der Waals surface area contributed by atoms with Crippen LogP contribution in [0.3, 0.4) is 0 Å². The largest absolute Gasteiger partial charge is 0.396 e. The fourth-order valence-corrected chi connectivity index (χ4v) is 1.62. The number of aliphatic hydroxyl groups excluding tert-OH is 1. The minimum atomic E-state index is -1.13. The molecule has 0 bridgehead atoms. The van der Waals surface area contributed by atoms with Crippen molar-refractivity contribution in [3.05, 3.63) is 35.4 Å². The van der Waals surface area contributed by atoms with Crippen molar-refractivity contribution in [1.82, 2.24) is 5.32 Å². The second kappa shape index (κ2) is 6.61. The number of hydrogen-bond donors (Lipinski definition) is 2. The number of hydrogen-bond acceptors (Lipinski definition) is 2. The number of carbonyl (C=O) groups excluding carboxylic acids is 1. The van der Waals surface area contributed by atoms with Gasteiger partial charge < -0.3 is 10.4 Å². The van der Waals surface area contributed by atoms with Crippen molar-refractivity contribution in [3.63, 3.8) is 0 Å². The SMILES string of the molecule is CC(C)(CO)CCCNC(=O)c1cccc(F)c1F. The molecule has 0 fully saturated rings. The third kappa shape index (κ3) is 4.59. The van der Waals surface area contributed by atoms with Gasteiger partial charge in [0.2, 0.25) is 0 Å². The maximum atomic E-state index is 13.3. The Bertz CT molecular complexity index is 447. The van der Waals surface area contributed by atoms with Gasteiger partial charge in [0.25, 0.3) is 5.91 Å². The lowest BCUT2D eigenvalue weighted by molar-refractivity contribution is 0.0943. The predicted molar refractivity (Wildman–Crippen MR) is 68.8 cm³/mol. The lowest BCUT2D eigenvalue weighted by Gasteiger charge is -2.21. The Balaban J connectivity index is 2.46. The summed E-state index contributed by atoms with van der Waals surface area (Å²) in [6, 6.07) is 3.50. The highest BCUT2D eigenvalue weighted by atomic mass is 19.2. The van der Waals surface area contributed by atoms with Gasteiger partial charge >= 0.3 is 0 Å². The molecule has 3 nitrogen and oxygen atoms in total. The van der Waals surface area contributed by atoms with Crippen molar-refractivity contribution in [2.45, 2.75) is 26.7 Å². The van der Waals surface area contributed by atoms with Crippen LogP contribution in [0.4, 0.5) is 8.78 Å². The van der Waals surface area contributed by atoms with E-state index in [1.54, 1.807) is 0 Å². The van der Waals surface area contributed by atoms with Crippen molar-refractivity contribution >= 4 is 5.91 Å². The average molecular weight is 271 g/mol.